The van der Waals surface area contributed by atoms with Gasteiger partial charge in [-0.15, -0.1) is 0 Å². The highest BCUT2D eigenvalue weighted by molar-refractivity contribution is 5.98. The van der Waals surface area contributed by atoms with E-state index in [0.29, 0.717) is 0 Å². The molecule has 1 aromatic carbocycles. The van der Waals surface area contributed by atoms with Crippen molar-refractivity contribution in [2.75, 3.05) is 23.4 Å². The maximum Gasteiger partial charge on any atom is 0.341 e. The number of aliphatic imine (C=N–C) groups is 1. The minimum atomic E-state index is -1.27. The second kappa shape index (κ2) is 8.10. The van der Waals surface area contributed by atoms with Crippen molar-refractivity contribution in [2.24, 2.45) is 4.99 Å². The molecule has 7 N–H and O–H groups in total. The van der Waals surface area contributed by atoms with E-state index in [0.717, 1.165) is 12.1 Å². The summed E-state index contributed by atoms with van der Waals surface area (Å²) in [5.41, 5.74) is 11.6. The number of benzene rings is 1. The Labute approximate surface area is 173 Å². The SMILES string of the molecule is N#CNC1=NC(c2cc([N+](=O)[O-])ccc2OCC(=O)O)c2c(nc(N)c(C#N)c2N)N1. The predicted molar refractivity (Wildman–Crippen MR) is 106 cm³/mol. The van der Waals surface area contributed by atoms with Crippen molar-refractivity contribution in [2.45, 2.75) is 6.04 Å². The van der Waals surface area contributed by atoms with Crippen LogP contribution < -0.4 is 26.8 Å². The molecule has 0 amide bonds. The fourth-order valence-corrected chi connectivity index (χ4v) is 2.94. The summed E-state index contributed by atoms with van der Waals surface area (Å²) >= 11 is 0. The zero-order valence-corrected chi connectivity index (χ0v) is 15.5. The second-order valence-corrected chi connectivity index (χ2v) is 6.06. The minimum absolute atomic E-state index is 0.0272. The number of nitrogens with one attached hydrogen (secondary N) is 2. The van der Waals surface area contributed by atoms with E-state index >= 15 is 0 Å². The van der Waals surface area contributed by atoms with Gasteiger partial charge in [-0.2, -0.15) is 10.5 Å². The quantitative estimate of drug-likeness (QED) is 0.190. The Hall–Kier alpha value is -5.11. The highest BCUT2D eigenvalue weighted by Gasteiger charge is 2.32. The van der Waals surface area contributed by atoms with Crippen LogP contribution in [0.25, 0.3) is 0 Å². The van der Waals surface area contributed by atoms with Crippen LogP contribution in [-0.2, 0) is 4.79 Å². The zero-order valence-electron chi connectivity index (χ0n) is 15.5. The highest BCUT2D eigenvalue weighted by Crippen LogP contribution is 2.44. The van der Waals surface area contributed by atoms with Crippen LogP contribution in [0.15, 0.2) is 23.2 Å². The number of carbonyl (C=O) groups is 1. The number of hydrogen-bond donors (Lipinski definition) is 5. The number of carboxylic acids is 1. The number of nitro benzene ring substituents is 1. The molecule has 0 spiro atoms. The number of rotatable bonds is 5. The number of nitrogens with zero attached hydrogens (tertiary/aromatic N) is 5. The first-order valence-electron chi connectivity index (χ1n) is 8.38. The van der Waals surface area contributed by atoms with Crippen molar-refractivity contribution < 1.29 is 19.6 Å². The predicted octanol–water partition coefficient (Wildman–Crippen LogP) is 0.431. The Morgan fingerprint density at radius 1 is 1.42 bits per heavy atom. The van der Waals surface area contributed by atoms with E-state index in [-0.39, 0.29) is 51.4 Å². The first-order valence-corrected chi connectivity index (χ1v) is 8.38. The van der Waals surface area contributed by atoms with Gasteiger partial charge in [0.2, 0.25) is 5.96 Å². The number of carboxylic acid groups (broad SMARTS) is 1. The lowest BCUT2D eigenvalue weighted by Gasteiger charge is -2.27. The third-order valence-electron chi connectivity index (χ3n) is 4.21. The molecule has 0 radical (unpaired) electrons. The van der Waals surface area contributed by atoms with Crippen molar-refractivity contribution >= 4 is 34.9 Å². The van der Waals surface area contributed by atoms with Gasteiger partial charge >= 0.3 is 5.97 Å². The molecule has 0 saturated carbocycles. The smallest absolute Gasteiger partial charge is 0.341 e. The number of nitrogen functional groups attached to an aromatic ring is 2. The van der Waals surface area contributed by atoms with Gasteiger partial charge in [0.25, 0.3) is 5.69 Å². The van der Waals surface area contributed by atoms with Crippen LogP contribution in [0.4, 0.5) is 23.0 Å². The first kappa shape index (κ1) is 20.6. The van der Waals surface area contributed by atoms with Crippen LogP contribution >= 0.6 is 0 Å². The van der Waals surface area contributed by atoms with Crippen LogP contribution in [-0.4, -0.2) is 33.5 Å². The van der Waals surface area contributed by atoms with Gasteiger partial charge in [0.05, 0.1) is 10.6 Å². The summed E-state index contributed by atoms with van der Waals surface area (Å²) in [7, 11) is 0. The topological polar surface area (TPSA) is 239 Å². The van der Waals surface area contributed by atoms with Gasteiger partial charge in [0.15, 0.2) is 12.8 Å². The van der Waals surface area contributed by atoms with Crippen molar-refractivity contribution in [3.8, 4) is 18.0 Å². The van der Waals surface area contributed by atoms with Gasteiger partial charge in [-0.3, -0.25) is 15.4 Å². The number of pyridine rings is 1. The number of aromatic nitrogens is 1. The van der Waals surface area contributed by atoms with E-state index in [9.17, 15) is 20.2 Å². The molecule has 2 heterocycles. The van der Waals surface area contributed by atoms with Gasteiger partial charge < -0.3 is 26.6 Å². The monoisotopic (exact) mass is 423 g/mol. The molecule has 14 heteroatoms. The maximum absolute atomic E-state index is 11.3. The molecule has 2 aromatic rings. The third kappa shape index (κ3) is 3.89. The molecule has 1 unspecified atom stereocenters. The van der Waals surface area contributed by atoms with Crippen molar-refractivity contribution in [1.29, 1.82) is 10.5 Å². The Bertz CT molecular complexity index is 1210. The van der Waals surface area contributed by atoms with E-state index < -0.39 is 23.5 Å². The summed E-state index contributed by atoms with van der Waals surface area (Å²) in [4.78, 5) is 30.0. The van der Waals surface area contributed by atoms with Gasteiger partial charge in [-0.05, 0) is 6.07 Å². The number of nitro groups is 1. The summed E-state index contributed by atoms with van der Waals surface area (Å²) in [5.74, 6) is -1.49. The first-order chi connectivity index (χ1) is 14.8. The van der Waals surface area contributed by atoms with Crippen LogP contribution in [0.2, 0.25) is 0 Å². The maximum atomic E-state index is 11.3. The average Bonchev–Trinajstić information content (AvgIpc) is 2.71. The summed E-state index contributed by atoms with van der Waals surface area (Å²) in [5, 5.41) is 43.6. The van der Waals surface area contributed by atoms with Crippen LogP contribution in [0, 0.1) is 32.9 Å². The zero-order chi connectivity index (χ0) is 22.7. The van der Waals surface area contributed by atoms with Crippen molar-refractivity contribution in [3.05, 3.63) is 45.0 Å². The fraction of sp³-hybridized carbons (Fsp3) is 0.118. The molecule has 1 aliphatic heterocycles. The van der Waals surface area contributed by atoms with E-state index in [4.69, 9.17) is 26.6 Å². The van der Waals surface area contributed by atoms with Gasteiger partial charge in [-0.25, -0.2) is 14.8 Å². The van der Waals surface area contributed by atoms with Crippen molar-refractivity contribution in [1.82, 2.24) is 10.3 Å². The number of guanidine groups is 1. The van der Waals surface area contributed by atoms with E-state index in [2.05, 4.69) is 20.6 Å². The van der Waals surface area contributed by atoms with E-state index in [1.165, 1.54) is 6.07 Å². The van der Waals surface area contributed by atoms with Crippen LogP contribution in [0.1, 0.15) is 22.7 Å². The molecule has 0 fully saturated rings. The fourth-order valence-electron chi connectivity index (χ4n) is 2.94. The lowest BCUT2D eigenvalue weighted by atomic mass is 9.94. The Morgan fingerprint density at radius 3 is 2.77 bits per heavy atom. The molecular weight excluding hydrogens is 410 g/mol. The molecule has 0 saturated heterocycles. The molecule has 31 heavy (non-hydrogen) atoms. The normalized spacial score (nSPS) is 14.1. The van der Waals surface area contributed by atoms with Gasteiger partial charge in [-0.1, -0.05) is 0 Å². The number of nitrogens with two attached hydrogens (primary N) is 2. The molecule has 14 nitrogen and oxygen atoms in total. The summed E-state index contributed by atoms with van der Waals surface area (Å²) in [6.07, 6.45) is 1.67. The molecule has 156 valence electrons. The Kier molecular flexibility index (Phi) is 5.38. The number of fused-ring (bicyclic) bond motifs is 1. The molecule has 0 bridgehead atoms. The van der Waals surface area contributed by atoms with Gasteiger partial charge in [0.1, 0.15) is 35.1 Å². The van der Waals surface area contributed by atoms with Gasteiger partial charge in [0, 0.05) is 23.3 Å². The molecule has 1 aliphatic rings. The number of nitriles is 2. The van der Waals surface area contributed by atoms with E-state index in [1.54, 1.807) is 6.19 Å². The number of ether oxygens (including phenoxy) is 1. The molecule has 0 aliphatic carbocycles. The summed E-state index contributed by atoms with van der Waals surface area (Å²) in [6.45, 7) is -0.728. The van der Waals surface area contributed by atoms with Crippen LogP contribution in [0.5, 0.6) is 5.75 Å². The third-order valence-corrected chi connectivity index (χ3v) is 4.21. The Morgan fingerprint density at radius 2 is 2.16 bits per heavy atom. The number of anilines is 3. The molecule has 1 atom stereocenters. The summed E-state index contributed by atoms with van der Waals surface area (Å²) < 4.78 is 5.27. The van der Waals surface area contributed by atoms with Crippen LogP contribution in [0.3, 0.4) is 0 Å². The Balaban J connectivity index is 2.29. The minimum Gasteiger partial charge on any atom is -0.482 e. The highest BCUT2D eigenvalue weighted by atomic mass is 16.6. The number of hydrogen-bond acceptors (Lipinski definition) is 12. The van der Waals surface area contributed by atoms with E-state index in [1.807, 2.05) is 6.07 Å². The molecule has 3 rings (SSSR count). The summed E-state index contributed by atoms with van der Waals surface area (Å²) in [6, 6.07) is 4.17. The number of aliphatic carboxylic acids is 1. The van der Waals surface area contributed by atoms with Crippen molar-refractivity contribution in [3.63, 3.8) is 0 Å². The standard InChI is InChI=1S/C17H13N9O5/c18-4-9-13(20)12-14(23-17(22-6-19)25-16(12)24-15(9)21)8-3-7(26(29)30)1-2-10(8)31-5-11(27)28/h1-3,14H,5H2,(H,27,28)(H6,20,21,22,23,24,25). The lowest BCUT2D eigenvalue weighted by Crippen LogP contribution is -2.33. The average molecular weight is 423 g/mol. The molecular formula is C17H13N9O5. The second-order valence-electron chi connectivity index (χ2n) is 6.06. The number of non-ortho nitro benzene ring substituents is 1. The largest absolute Gasteiger partial charge is 0.482 e. The lowest BCUT2D eigenvalue weighted by molar-refractivity contribution is -0.384. The molecule has 1 aromatic heterocycles.